The number of para-hydroxylation sites is 1. The first kappa shape index (κ1) is 49.8. The SMILES string of the molecule is Cc1cc(N(c2nc3ccc(S(=O)(=O)O)cc3s2)c2c(C)cc(C)c(S(=O)(=O)O)c2C)nc(Nc2c(C)cc(C)c(S(=O)(=O)O)c2C)c1N=Nc1c(C#N)c(C(C)(C)C)nn1-c1nc2ccccc2s1. The monoisotopic (exact) mass is 1040 g/mol. The summed E-state index contributed by atoms with van der Waals surface area (Å²) >= 11 is 2.33. The van der Waals surface area contributed by atoms with Gasteiger partial charge in [0.1, 0.15) is 32.9 Å². The Morgan fingerprint density at radius 1 is 0.700 bits per heavy atom. The van der Waals surface area contributed by atoms with Crippen LogP contribution in [0.2, 0.25) is 0 Å². The van der Waals surface area contributed by atoms with Gasteiger partial charge in [0.15, 0.2) is 16.8 Å². The van der Waals surface area contributed by atoms with Crippen molar-refractivity contribution < 1.29 is 38.9 Å². The number of azo groups is 1. The van der Waals surface area contributed by atoms with E-state index < -0.39 is 35.8 Å². The first-order chi connectivity index (χ1) is 32.6. The maximum Gasteiger partial charge on any atom is 0.295 e. The van der Waals surface area contributed by atoms with Gasteiger partial charge in [-0.25, -0.2) is 15.0 Å². The molecule has 0 aliphatic carbocycles. The molecule has 4 N–H and O–H groups in total. The summed E-state index contributed by atoms with van der Waals surface area (Å²) in [4.78, 5) is 15.1. The summed E-state index contributed by atoms with van der Waals surface area (Å²) in [6.45, 7) is 16.9. The van der Waals surface area contributed by atoms with Crippen molar-refractivity contribution in [1.29, 1.82) is 5.26 Å². The fourth-order valence-electron chi connectivity index (χ4n) is 8.52. The molecule has 0 spiro atoms. The fourth-order valence-corrected chi connectivity index (χ4v) is 12.9. The van der Waals surface area contributed by atoms with Gasteiger partial charge in [-0.2, -0.15) is 40.3 Å². The van der Waals surface area contributed by atoms with Crippen LogP contribution in [0.5, 0.6) is 0 Å². The Morgan fingerprint density at radius 2 is 1.33 bits per heavy atom. The molecule has 0 aliphatic rings. The highest BCUT2D eigenvalue weighted by Crippen LogP contribution is 2.47. The number of hydrogen-bond acceptors (Lipinski definition) is 17. The van der Waals surface area contributed by atoms with Gasteiger partial charge in [0.2, 0.25) is 5.13 Å². The van der Waals surface area contributed by atoms with Gasteiger partial charge in [0.05, 0.1) is 36.7 Å². The van der Waals surface area contributed by atoms with Crippen LogP contribution in [-0.4, -0.2) is 63.6 Å². The molecule has 4 aromatic carbocycles. The zero-order valence-electron chi connectivity index (χ0n) is 39.1. The lowest BCUT2D eigenvalue weighted by Gasteiger charge is -2.28. The van der Waals surface area contributed by atoms with E-state index in [2.05, 4.69) is 11.4 Å². The number of benzene rings is 4. The van der Waals surface area contributed by atoms with Gasteiger partial charge in [-0.1, -0.05) is 67.7 Å². The normalized spacial score (nSPS) is 12.6. The predicted molar refractivity (Wildman–Crippen MR) is 269 cm³/mol. The van der Waals surface area contributed by atoms with Crippen LogP contribution >= 0.6 is 22.7 Å². The largest absolute Gasteiger partial charge is 0.338 e. The van der Waals surface area contributed by atoms with Crippen LogP contribution in [-0.2, 0) is 35.8 Å². The Labute approximate surface area is 411 Å². The number of hydrogen-bond donors (Lipinski definition) is 4. The molecule has 362 valence electrons. The molecule has 0 fully saturated rings. The number of nitriles is 1. The van der Waals surface area contributed by atoms with Crippen molar-refractivity contribution in [2.75, 3.05) is 10.2 Å². The number of pyridine rings is 1. The van der Waals surface area contributed by atoms with E-state index in [9.17, 15) is 44.2 Å². The number of fused-ring (bicyclic) bond motifs is 2. The van der Waals surface area contributed by atoms with E-state index in [0.29, 0.717) is 43.2 Å². The molecule has 0 aliphatic heterocycles. The molecule has 19 nitrogen and oxygen atoms in total. The topological polar surface area (TPSA) is 283 Å². The summed E-state index contributed by atoms with van der Waals surface area (Å²) in [5, 5.41) is 28.8. The number of anilines is 5. The smallest absolute Gasteiger partial charge is 0.295 e. The summed E-state index contributed by atoms with van der Waals surface area (Å²) in [6, 6.07) is 18.3. The minimum Gasteiger partial charge on any atom is -0.338 e. The number of nitrogens with one attached hydrogen (secondary N) is 1. The molecule has 0 radical (unpaired) electrons. The third-order valence-electron chi connectivity index (χ3n) is 11.4. The van der Waals surface area contributed by atoms with Gasteiger partial charge in [0.25, 0.3) is 30.4 Å². The van der Waals surface area contributed by atoms with Crippen LogP contribution in [0.3, 0.4) is 0 Å². The van der Waals surface area contributed by atoms with Crippen LogP contribution in [0, 0.1) is 59.8 Å². The Kier molecular flexibility index (Phi) is 12.6. The Balaban J connectivity index is 1.44. The van der Waals surface area contributed by atoms with E-state index in [0.717, 1.165) is 16.0 Å². The standard InChI is InChI=1S/C46H44N10O9S5/c1-22-17-25(4)39(69(60,61)62)27(6)36(22)51-42-37(52-53-43-30(21-47)41(46(8,9)10)54-56(43)45-49-31-13-11-12-14-33(31)66-45)23(2)19-35(50-42)55(38-24(3)18-26(5)40(28(38)7)70(63,64)65)44-48-32-16-15-29(68(57,58)59)20-34(32)67-44/h11-20H,1-10H3,(H,50,51)(H,57,58,59)(H,60,61,62)(H,63,64,65). The molecule has 8 rings (SSSR count). The van der Waals surface area contributed by atoms with Gasteiger partial charge in [-0.3, -0.25) is 18.6 Å². The maximum absolute atomic E-state index is 13.0. The van der Waals surface area contributed by atoms with Crippen molar-refractivity contribution in [3.8, 4) is 11.2 Å². The third kappa shape index (κ3) is 9.17. The molecule has 0 saturated carbocycles. The van der Waals surface area contributed by atoms with Crippen molar-refractivity contribution in [3.63, 3.8) is 0 Å². The van der Waals surface area contributed by atoms with Gasteiger partial charge in [0, 0.05) is 11.1 Å². The van der Waals surface area contributed by atoms with Crippen molar-refractivity contribution in [1.82, 2.24) is 24.7 Å². The van der Waals surface area contributed by atoms with Crippen LogP contribution in [0.1, 0.15) is 71.0 Å². The molecule has 70 heavy (non-hydrogen) atoms. The Bertz CT molecular complexity index is 3910. The molecule has 4 aromatic heterocycles. The summed E-state index contributed by atoms with van der Waals surface area (Å²) in [5.41, 5.74) is 3.72. The summed E-state index contributed by atoms with van der Waals surface area (Å²) < 4.78 is 110. The predicted octanol–water partition coefficient (Wildman–Crippen LogP) is 11.2. The average molecular weight is 1040 g/mol. The number of rotatable bonds is 11. The van der Waals surface area contributed by atoms with E-state index in [-0.39, 0.29) is 82.2 Å². The van der Waals surface area contributed by atoms with E-state index >= 15 is 0 Å². The molecule has 0 saturated heterocycles. The van der Waals surface area contributed by atoms with Crippen LogP contribution in [0.25, 0.3) is 25.6 Å². The third-order valence-corrected chi connectivity index (χ3v) is 16.5. The second-order valence-electron chi connectivity index (χ2n) is 17.6. The lowest BCUT2D eigenvalue weighted by Crippen LogP contribution is -2.17. The molecule has 0 amide bonds. The minimum atomic E-state index is -4.82. The van der Waals surface area contributed by atoms with E-state index in [1.807, 2.05) is 45.0 Å². The lowest BCUT2D eigenvalue weighted by atomic mass is 9.90. The lowest BCUT2D eigenvalue weighted by molar-refractivity contribution is 0.479. The molecular weight excluding hydrogens is 997 g/mol. The highest BCUT2D eigenvalue weighted by molar-refractivity contribution is 7.86. The molecule has 0 atom stereocenters. The second-order valence-corrected chi connectivity index (χ2v) is 23.8. The Hall–Kier alpha value is -6.56. The highest BCUT2D eigenvalue weighted by atomic mass is 32.2. The van der Waals surface area contributed by atoms with Crippen molar-refractivity contribution in [3.05, 3.63) is 111 Å². The van der Waals surface area contributed by atoms with E-state index in [1.54, 1.807) is 45.9 Å². The fraction of sp³-hybridized carbons (Fsp3) is 0.239. The van der Waals surface area contributed by atoms with Crippen molar-refractivity contribution in [2.45, 2.75) is 89.3 Å². The molecule has 0 unspecified atom stereocenters. The first-order valence-corrected chi connectivity index (χ1v) is 27.0. The van der Waals surface area contributed by atoms with Crippen LogP contribution in [0.4, 0.5) is 39.6 Å². The zero-order chi connectivity index (χ0) is 51.2. The van der Waals surface area contributed by atoms with Crippen molar-refractivity contribution >= 4 is 113 Å². The second kappa shape index (κ2) is 17.7. The summed E-state index contributed by atoms with van der Waals surface area (Å²) in [5.74, 6) is 0.100. The highest BCUT2D eigenvalue weighted by Gasteiger charge is 2.32. The first-order valence-electron chi connectivity index (χ1n) is 21.0. The van der Waals surface area contributed by atoms with Crippen molar-refractivity contribution in [2.24, 2.45) is 10.2 Å². The average Bonchev–Trinajstić information content (AvgIpc) is 3.96. The Morgan fingerprint density at radius 3 is 1.94 bits per heavy atom. The van der Waals surface area contributed by atoms with Crippen LogP contribution in [0.15, 0.2) is 85.6 Å². The minimum absolute atomic E-state index is 0.0344. The molecule has 24 heteroatoms. The quantitative estimate of drug-likeness (QED) is 0.0692. The number of thiazole rings is 2. The maximum atomic E-state index is 13.0. The number of nitrogens with zero attached hydrogens (tertiary/aromatic N) is 9. The number of aromatic nitrogens is 5. The van der Waals surface area contributed by atoms with Gasteiger partial charge in [-0.05, 0) is 124 Å². The summed E-state index contributed by atoms with van der Waals surface area (Å²) in [7, 11) is -14.2. The van der Waals surface area contributed by atoms with Gasteiger partial charge < -0.3 is 5.32 Å². The van der Waals surface area contributed by atoms with Crippen LogP contribution < -0.4 is 10.2 Å². The zero-order valence-corrected chi connectivity index (χ0v) is 43.2. The van der Waals surface area contributed by atoms with E-state index in [4.69, 9.17) is 30.3 Å². The molecular formula is C46H44N10O9S5. The van der Waals surface area contributed by atoms with Gasteiger partial charge in [-0.15, -0.1) is 10.2 Å². The molecule has 0 bridgehead atoms. The molecule has 4 heterocycles. The molecule has 8 aromatic rings. The van der Waals surface area contributed by atoms with Gasteiger partial charge >= 0.3 is 0 Å². The summed E-state index contributed by atoms with van der Waals surface area (Å²) in [6.07, 6.45) is 0. The van der Waals surface area contributed by atoms with E-state index in [1.165, 1.54) is 59.9 Å². The number of aryl methyl sites for hydroxylation is 5.